The molecule has 0 aliphatic carbocycles. The summed E-state index contributed by atoms with van der Waals surface area (Å²) >= 11 is 5.89. The molecule has 0 saturated heterocycles. The molecule has 0 spiro atoms. The topological polar surface area (TPSA) is 85.0 Å². The maximum atomic E-state index is 13.1. The van der Waals surface area contributed by atoms with Gasteiger partial charge >= 0.3 is 5.97 Å². The highest BCUT2D eigenvalue weighted by Gasteiger charge is 2.35. The average molecular weight is 376 g/mol. The van der Waals surface area contributed by atoms with Gasteiger partial charge in [-0.3, -0.25) is 9.80 Å². The number of primary amides is 1. The Morgan fingerprint density at radius 3 is 2.65 bits per heavy atom. The second-order valence-electron chi connectivity index (χ2n) is 5.70. The molecule has 2 aromatic carbocycles. The number of nitrogens with zero attached hydrogens (tertiary/aromatic N) is 2. The normalized spacial score (nSPS) is 16.3. The van der Waals surface area contributed by atoms with Crippen molar-refractivity contribution in [2.24, 2.45) is 10.8 Å². The minimum absolute atomic E-state index is 0.0150. The van der Waals surface area contributed by atoms with Crippen molar-refractivity contribution < 1.29 is 18.7 Å². The largest absolute Gasteiger partial charge is 0.456 e. The molecule has 1 aliphatic heterocycles. The number of halogens is 2. The molecule has 1 atom stereocenters. The molecule has 1 heterocycles. The van der Waals surface area contributed by atoms with Crippen molar-refractivity contribution in [2.75, 3.05) is 5.01 Å². The van der Waals surface area contributed by atoms with Crippen LogP contribution < -0.4 is 10.7 Å². The second kappa shape index (κ2) is 7.53. The number of carbonyl (C=O) groups excluding carboxylic acids is 2. The van der Waals surface area contributed by atoms with Gasteiger partial charge in [0.1, 0.15) is 24.2 Å². The smallest absolute Gasteiger partial charge is 0.354 e. The van der Waals surface area contributed by atoms with Crippen LogP contribution in [-0.2, 0) is 20.9 Å². The zero-order valence-corrected chi connectivity index (χ0v) is 14.3. The number of hydrazone groups is 1. The zero-order chi connectivity index (χ0) is 18.7. The number of hydrogen-bond donors (Lipinski definition) is 1. The first-order valence-electron chi connectivity index (χ1n) is 7.77. The molecule has 3 rings (SSSR count). The van der Waals surface area contributed by atoms with Gasteiger partial charge < -0.3 is 10.5 Å². The van der Waals surface area contributed by atoms with Crippen molar-refractivity contribution in [1.82, 2.24) is 0 Å². The number of amides is 1. The minimum atomic E-state index is -0.839. The van der Waals surface area contributed by atoms with Crippen LogP contribution in [-0.4, -0.2) is 23.6 Å². The molecule has 6 nitrogen and oxygen atoms in total. The molecule has 26 heavy (non-hydrogen) atoms. The lowest BCUT2D eigenvalue weighted by molar-refractivity contribution is -0.136. The zero-order valence-electron chi connectivity index (χ0n) is 13.6. The molecule has 0 fully saturated rings. The van der Waals surface area contributed by atoms with Crippen LogP contribution in [0.25, 0.3) is 0 Å². The SMILES string of the molecule is NC(=O)[C@H]1CC(C(=O)OCc2cccc(Cl)c2)=NN1c1ccc(F)cc1. The summed E-state index contributed by atoms with van der Waals surface area (Å²) < 4.78 is 18.3. The maximum Gasteiger partial charge on any atom is 0.354 e. The summed E-state index contributed by atoms with van der Waals surface area (Å²) in [4.78, 5) is 24.0. The van der Waals surface area contributed by atoms with Crippen LogP contribution in [0.2, 0.25) is 5.02 Å². The Hall–Kier alpha value is -2.93. The summed E-state index contributed by atoms with van der Waals surface area (Å²) in [6.07, 6.45) is 0.0150. The molecule has 2 N–H and O–H groups in total. The van der Waals surface area contributed by atoms with E-state index in [0.29, 0.717) is 10.7 Å². The molecule has 1 amide bonds. The first-order valence-corrected chi connectivity index (χ1v) is 8.15. The summed E-state index contributed by atoms with van der Waals surface area (Å²) in [7, 11) is 0. The van der Waals surface area contributed by atoms with E-state index in [4.69, 9.17) is 22.1 Å². The van der Waals surface area contributed by atoms with E-state index in [-0.39, 0.29) is 18.7 Å². The van der Waals surface area contributed by atoms with Gasteiger partial charge in [-0.2, -0.15) is 5.10 Å². The van der Waals surface area contributed by atoms with Crippen LogP contribution in [0.5, 0.6) is 0 Å². The number of anilines is 1. The summed E-state index contributed by atoms with van der Waals surface area (Å²) in [6, 6.07) is 11.5. The Morgan fingerprint density at radius 2 is 2.00 bits per heavy atom. The lowest BCUT2D eigenvalue weighted by atomic mass is 10.1. The van der Waals surface area contributed by atoms with Crippen LogP contribution in [0, 0.1) is 5.82 Å². The van der Waals surface area contributed by atoms with Crippen LogP contribution in [0.1, 0.15) is 12.0 Å². The minimum Gasteiger partial charge on any atom is -0.456 e. The standard InChI is InChI=1S/C18H15ClFN3O3/c19-12-3-1-2-11(8-12)10-26-18(25)15-9-16(17(21)24)23(22-15)14-6-4-13(20)5-7-14/h1-8,16H,9-10H2,(H2,21,24)/t16-/m1/s1. The quantitative estimate of drug-likeness (QED) is 0.814. The number of nitrogens with two attached hydrogens (primary N) is 1. The molecule has 0 unspecified atom stereocenters. The average Bonchev–Trinajstić information content (AvgIpc) is 3.06. The number of esters is 1. The summed E-state index contributed by atoms with van der Waals surface area (Å²) in [5.41, 5.74) is 6.65. The molecule has 0 bridgehead atoms. The van der Waals surface area contributed by atoms with Crippen molar-refractivity contribution in [2.45, 2.75) is 19.1 Å². The van der Waals surface area contributed by atoms with Crippen molar-refractivity contribution in [3.8, 4) is 0 Å². The highest BCUT2D eigenvalue weighted by Crippen LogP contribution is 2.25. The van der Waals surface area contributed by atoms with E-state index in [1.165, 1.54) is 29.3 Å². The molecular weight excluding hydrogens is 361 g/mol. The number of rotatable bonds is 5. The number of carbonyl (C=O) groups is 2. The van der Waals surface area contributed by atoms with Gasteiger partial charge in [0.05, 0.1) is 5.69 Å². The van der Waals surface area contributed by atoms with Gasteiger partial charge in [0.2, 0.25) is 5.91 Å². The van der Waals surface area contributed by atoms with Crippen LogP contribution in [0.3, 0.4) is 0 Å². The van der Waals surface area contributed by atoms with E-state index >= 15 is 0 Å². The fourth-order valence-corrected chi connectivity index (χ4v) is 2.76. The van der Waals surface area contributed by atoms with E-state index in [9.17, 15) is 14.0 Å². The van der Waals surface area contributed by atoms with E-state index in [1.54, 1.807) is 24.3 Å². The Morgan fingerprint density at radius 1 is 1.27 bits per heavy atom. The number of hydrogen-bond acceptors (Lipinski definition) is 5. The second-order valence-corrected chi connectivity index (χ2v) is 6.13. The summed E-state index contributed by atoms with van der Waals surface area (Å²) in [5.74, 6) is -1.72. The van der Waals surface area contributed by atoms with E-state index < -0.39 is 23.7 Å². The van der Waals surface area contributed by atoms with Crippen molar-refractivity contribution >= 4 is 34.9 Å². The van der Waals surface area contributed by atoms with Crippen molar-refractivity contribution in [3.05, 3.63) is 64.9 Å². The van der Waals surface area contributed by atoms with E-state index in [2.05, 4.69) is 5.10 Å². The van der Waals surface area contributed by atoms with Gasteiger partial charge in [-0.05, 0) is 42.0 Å². The molecule has 1 aliphatic rings. The lowest BCUT2D eigenvalue weighted by Crippen LogP contribution is -2.39. The van der Waals surface area contributed by atoms with Crippen molar-refractivity contribution in [1.29, 1.82) is 0 Å². The lowest BCUT2D eigenvalue weighted by Gasteiger charge is -2.20. The van der Waals surface area contributed by atoms with Crippen LogP contribution >= 0.6 is 11.6 Å². The first kappa shape index (κ1) is 17.9. The molecule has 134 valence electrons. The Labute approximate surface area is 154 Å². The fourth-order valence-electron chi connectivity index (χ4n) is 2.55. The van der Waals surface area contributed by atoms with Gasteiger partial charge in [-0.25, -0.2) is 9.18 Å². The number of ether oxygens (including phenoxy) is 1. The first-order chi connectivity index (χ1) is 12.4. The predicted molar refractivity (Wildman–Crippen MR) is 95.2 cm³/mol. The highest BCUT2D eigenvalue weighted by atomic mass is 35.5. The third kappa shape index (κ3) is 4.00. The number of benzene rings is 2. The van der Waals surface area contributed by atoms with E-state index in [1.807, 2.05) is 0 Å². The van der Waals surface area contributed by atoms with Gasteiger partial charge in [0, 0.05) is 11.4 Å². The highest BCUT2D eigenvalue weighted by molar-refractivity contribution is 6.38. The third-order valence-electron chi connectivity index (χ3n) is 3.82. The Bertz CT molecular complexity index is 870. The van der Waals surface area contributed by atoms with Gasteiger partial charge in [-0.15, -0.1) is 0 Å². The van der Waals surface area contributed by atoms with Gasteiger partial charge in [0.25, 0.3) is 0 Å². The molecular formula is C18H15ClFN3O3. The Kier molecular flexibility index (Phi) is 5.18. The van der Waals surface area contributed by atoms with Crippen LogP contribution in [0.4, 0.5) is 10.1 Å². The van der Waals surface area contributed by atoms with Crippen molar-refractivity contribution in [3.63, 3.8) is 0 Å². The van der Waals surface area contributed by atoms with Gasteiger partial charge in [-0.1, -0.05) is 23.7 Å². The predicted octanol–water partition coefficient (Wildman–Crippen LogP) is 2.64. The van der Waals surface area contributed by atoms with Crippen LogP contribution in [0.15, 0.2) is 53.6 Å². The third-order valence-corrected chi connectivity index (χ3v) is 4.06. The monoisotopic (exact) mass is 375 g/mol. The summed E-state index contributed by atoms with van der Waals surface area (Å²) in [6.45, 7) is 0.0240. The van der Waals surface area contributed by atoms with Gasteiger partial charge in [0.15, 0.2) is 0 Å². The molecule has 2 aromatic rings. The fraction of sp³-hybridized carbons (Fsp3) is 0.167. The maximum absolute atomic E-state index is 13.1. The van der Waals surface area contributed by atoms with E-state index in [0.717, 1.165) is 5.56 Å². The summed E-state index contributed by atoms with van der Waals surface area (Å²) in [5, 5.41) is 5.99. The molecule has 0 aromatic heterocycles. The Balaban J connectivity index is 1.74. The molecule has 0 saturated carbocycles. The molecule has 8 heteroatoms. The molecule has 0 radical (unpaired) electrons.